The number of aliphatic hydroxyl groups is 14. The summed E-state index contributed by atoms with van der Waals surface area (Å²) in [5.41, 5.74) is -4.80. The van der Waals surface area contributed by atoms with Crippen molar-refractivity contribution in [2.75, 3.05) is 13.7 Å². The zero-order valence-electron chi connectivity index (χ0n) is 64.8. The van der Waals surface area contributed by atoms with Crippen molar-refractivity contribution in [3.8, 4) is 80.1 Å². The van der Waals surface area contributed by atoms with Crippen LogP contribution in [0.15, 0.2) is 132 Å². The third-order valence-electron chi connectivity index (χ3n) is 21.1. The third-order valence-corrected chi connectivity index (χ3v) is 22.6. The number of unbranched alkanes of at least 4 members (excludes halogenated alkanes) is 3. The van der Waals surface area contributed by atoms with Gasteiger partial charge in [0.25, 0.3) is 0 Å². The molecular formula is C81H81Cl5N8O30. The molecule has 0 aromatic heterocycles. The van der Waals surface area contributed by atoms with Crippen LogP contribution in [0.5, 0.6) is 69.0 Å². The lowest BCUT2D eigenvalue weighted by molar-refractivity contribution is -0.277. The molecule has 0 radical (unpaired) electrons. The second-order valence-corrected chi connectivity index (χ2v) is 32.0. The van der Waals surface area contributed by atoms with Crippen molar-refractivity contribution in [3.05, 3.63) is 161 Å². The molecule has 8 aliphatic rings. The number of nitrogens with one attached hydrogen (secondary N) is 1. The zero-order valence-corrected chi connectivity index (χ0v) is 68.6. The van der Waals surface area contributed by atoms with E-state index in [4.69, 9.17) is 91.2 Å². The molecule has 22 N–H and O–H groups in total. The van der Waals surface area contributed by atoms with Gasteiger partial charge in [0.1, 0.15) is 95.4 Å². The number of carbonyl (C=O) groups is 2. The van der Waals surface area contributed by atoms with E-state index < -0.39 is 297 Å². The number of likely N-dealkylation sites (N-methyl/N-ethyl adjacent to an activating group) is 1. The summed E-state index contributed by atoms with van der Waals surface area (Å²) in [5, 5.41) is 251. The van der Waals surface area contributed by atoms with Crippen LogP contribution in [-0.2, 0) is 23.8 Å². The van der Waals surface area contributed by atoms with Gasteiger partial charge < -0.3 is 146 Å². The smallest absolute Gasteiger partial charge is 0.335 e. The summed E-state index contributed by atoms with van der Waals surface area (Å²) in [6.45, 7) is 3.05. The molecule has 8 heterocycles. The molecule has 0 aliphatic carbocycles. The van der Waals surface area contributed by atoms with Crippen LogP contribution in [0.3, 0.4) is 0 Å². The molecule has 43 heteroatoms. The molecule has 15 rings (SSSR count). The number of aliphatic carboxylic acids is 2. The number of benzene rings is 7. The van der Waals surface area contributed by atoms with Gasteiger partial charge in [-0.2, -0.15) is 0 Å². The molecule has 660 valence electrons. The van der Waals surface area contributed by atoms with Crippen molar-refractivity contribution in [2.24, 2.45) is 40.9 Å². The summed E-state index contributed by atoms with van der Waals surface area (Å²) in [6.07, 6.45) is -21.6. The minimum atomic E-state index is -2.71. The standard InChI is InChI=1S/C81H81Cl5N8O30/c1-27(2)8-6-4-5-7-9-50(100)88-59-64(104)66(106)71(79(116)117)124-80(59)122-68-32-17-40(84)70(41(85)18-32)120-48-21-31-20-47(62(48)102)119-45-13-11-29(15-38(45)82)61(101)58-76(112)91-56(37-24-34(25-44(99)52(37)86)118-46-19-28(10-12-42(46)97)53(87-3)72(108)93-58)75(111)90-55(31)73(109)89-54-30-14-36(69(39(83)16-30)123-81-67(107)65(105)63(103)49(26-95)121-81)51-35(22-33(96)23-43(51)98)57(78(114)115)92-77(113)60(68)94-74(54)110/h10-25,27,49,53-61,63-68,71,80-81,87,95-99,101-107H,4-9,26H2,1-3H3,(H,88,100)(H,89,109)(H,90,111)(H,91,112)(H,92,113)(H,93,108)(H,94,110)(H,114,115)(H,116,117). The SMILES string of the molecule is CNC1C(O)=NC2C(O)=NC(C(O)=NC3C(O)=NC4C(O)=NC(C(O)=NC(C(=O)O)c5cc(O)cc(O)c5-c5cc4cc(Cl)c5OC4OC(CO)C(O)C(O)C4O)C(OC4OC(C(=O)O)C(O)C(O)C4N=C(O)CCCCCCC(C)C)c4cc(Cl)c(c(Cl)c4)Oc4cc3cc(c4O)Oc3ccc(cc3Cl)C2O)c2cc(cc(O)c2Cl)Oc2cc1ccc2O. The third kappa shape index (κ3) is 18.7. The number of nitrogens with zero attached hydrogens (tertiary/aromatic N) is 7. The Bertz CT molecular complexity index is 5500. The van der Waals surface area contributed by atoms with Crippen molar-refractivity contribution < 1.29 is 150 Å². The highest BCUT2D eigenvalue weighted by molar-refractivity contribution is 6.37. The number of aromatic hydroxyl groups is 5. The highest BCUT2D eigenvalue weighted by atomic mass is 35.5. The summed E-state index contributed by atoms with van der Waals surface area (Å²) in [7, 11) is 1.38. The Balaban J connectivity index is 1.13. The van der Waals surface area contributed by atoms with Gasteiger partial charge in [0.05, 0.1) is 31.7 Å². The Morgan fingerprint density at radius 3 is 1.79 bits per heavy atom. The van der Waals surface area contributed by atoms with E-state index in [0.717, 1.165) is 79.6 Å². The van der Waals surface area contributed by atoms with E-state index in [1.54, 1.807) is 0 Å². The first-order valence-corrected chi connectivity index (χ1v) is 40.0. The van der Waals surface area contributed by atoms with E-state index in [1.165, 1.54) is 25.2 Å². The predicted octanol–water partition coefficient (Wildman–Crippen LogP) is 11.1. The maximum Gasteiger partial charge on any atom is 0.335 e. The van der Waals surface area contributed by atoms with Gasteiger partial charge >= 0.3 is 11.9 Å². The number of phenolic OH excluding ortho intramolecular Hbond substituents is 5. The topological polar surface area (TPSA) is 622 Å². The van der Waals surface area contributed by atoms with Gasteiger partial charge in [-0.3, -0.25) is 0 Å². The van der Waals surface area contributed by atoms with Crippen LogP contribution in [0.25, 0.3) is 11.1 Å². The number of carboxylic acid groups (broad SMARTS) is 2. The zero-order chi connectivity index (χ0) is 89.6. The van der Waals surface area contributed by atoms with E-state index in [9.17, 15) is 117 Å². The normalized spacial score (nSPS) is 27.1. The lowest BCUT2D eigenvalue weighted by atomic mass is 9.90. The second-order valence-electron chi connectivity index (χ2n) is 30.0. The Labute approximate surface area is 726 Å². The molecule has 2 fully saturated rings. The molecule has 0 saturated carbocycles. The Hall–Kier alpha value is -11.0. The summed E-state index contributed by atoms with van der Waals surface area (Å²) in [5.74, 6) is -21.2. The van der Waals surface area contributed by atoms with Gasteiger partial charge in [0.2, 0.25) is 47.4 Å². The maximum atomic E-state index is 14.2. The predicted molar refractivity (Wildman–Crippen MR) is 444 cm³/mol. The lowest BCUT2D eigenvalue weighted by Gasteiger charge is -2.41. The molecule has 19 unspecified atom stereocenters. The first kappa shape index (κ1) is 90.7. The molecule has 19 atom stereocenters. The first-order valence-electron chi connectivity index (χ1n) is 38.1. The fourth-order valence-corrected chi connectivity index (χ4v) is 16.1. The Morgan fingerprint density at radius 2 is 1.13 bits per heavy atom. The highest BCUT2D eigenvalue weighted by Gasteiger charge is 2.52. The molecule has 7 aromatic carbocycles. The molecular weight excluding hydrogens is 1740 g/mol. The number of ether oxygens (including phenoxy) is 7. The summed E-state index contributed by atoms with van der Waals surface area (Å²) in [6, 6.07) is -2.69. The van der Waals surface area contributed by atoms with E-state index in [1.807, 2.05) is 13.8 Å². The molecule has 0 spiro atoms. The molecule has 2 saturated heterocycles. The van der Waals surface area contributed by atoms with Crippen LogP contribution >= 0.6 is 58.0 Å². The number of phenols is 5. The Morgan fingerprint density at radius 1 is 0.516 bits per heavy atom. The van der Waals surface area contributed by atoms with Crippen LogP contribution in [0.4, 0.5) is 0 Å². The Kier molecular flexibility index (Phi) is 27.4. The van der Waals surface area contributed by atoms with Crippen molar-refractivity contribution in [3.63, 3.8) is 0 Å². The fourth-order valence-electron chi connectivity index (χ4n) is 14.8. The van der Waals surface area contributed by atoms with Crippen molar-refractivity contribution in [1.82, 2.24) is 5.32 Å². The first-order chi connectivity index (χ1) is 58.8. The van der Waals surface area contributed by atoms with E-state index >= 15 is 0 Å². The number of halogens is 5. The minimum absolute atomic E-state index is 0.136. The number of carboxylic acids is 2. The number of rotatable bonds is 16. The average molecular weight is 1820 g/mol. The minimum Gasteiger partial charge on any atom is -0.508 e. The number of hydrogen-bond acceptors (Lipinski definition) is 29. The summed E-state index contributed by atoms with van der Waals surface area (Å²) >= 11 is 35.8. The molecule has 17 bridgehead atoms. The average Bonchev–Trinajstić information content (AvgIpc) is 0.743. The molecule has 8 aliphatic heterocycles. The number of hydrogen-bond donors (Lipinski definition) is 22. The van der Waals surface area contributed by atoms with E-state index in [-0.39, 0.29) is 35.5 Å². The van der Waals surface area contributed by atoms with Gasteiger partial charge in [-0.15, -0.1) is 0 Å². The largest absolute Gasteiger partial charge is 0.508 e. The summed E-state index contributed by atoms with van der Waals surface area (Å²) in [4.78, 5) is 58.1. The van der Waals surface area contributed by atoms with Gasteiger partial charge in [0, 0.05) is 40.8 Å². The van der Waals surface area contributed by atoms with Crippen molar-refractivity contribution >= 4 is 111 Å². The van der Waals surface area contributed by atoms with Gasteiger partial charge in [-0.25, -0.2) is 44.5 Å². The summed E-state index contributed by atoms with van der Waals surface area (Å²) < 4.78 is 43.4. The van der Waals surface area contributed by atoms with Crippen molar-refractivity contribution in [2.45, 2.75) is 168 Å². The molecule has 0 amide bonds. The van der Waals surface area contributed by atoms with Gasteiger partial charge in [-0.1, -0.05) is 110 Å². The second kappa shape index (κ2) is 37.4. The van der Waals surface area contributed by atoms with E-state index in [0.29, 0.717) is 30.9 Å². The van der Waals surface area contributed by atoms with Gasteiger partial charge in [0.15, 0.2) is 83.3 Å². The molecule has 7 aromatic rings. The molecule has 124 heavy (non-hydrogen) atoms. The number of aliphatic hydroxyl groups excluding tert-OH is 14. The van der Waals surface area contributed by atoms with E-state index in [2.05, 4.69) is 40.3 Å². The van der Waals surface area contributed by atoms with Crippen LogP contribution < -0.4 is 24.3 Å². The quantitative estimate of drug-likeness (QED) is 0.0243. The number of fused-ring (bicyclic) bond motifs is 12. The van der Waals surface area contributed by atoms with Crippen LogP contribution in [-0.4, -0.2) is 248 Å². The van der Waals surface area contributed by atoms with Gasteiger partial charge in [-0.05, 0) is 120 Å². The lowest BCUT2D eigenvalue weighted by Crippen LogP contribution is -2.60. The number of aliphatic imine (C=N–C) groups is 7. The van der Waals surface area contributed by atoms with Crippen LogP contribution in [0, 0.1) is 5.92 Å². The monoisotopic (exact) mass is 1820 g/mol. The highest BCUT2D eigenvalue weighted by Crippen LogP contribution is 2.53. The maximum absolute atomic E-state index is 14.2. The van der Waals surface area contributed by atoms with Crippen molar-refractivity contribution in [1.29, 1.82) is 0 Å². The van der Waals surface area contributed by atoms with Crippen LogP contribution in [0.2, 0.25) is 25.1 Å². The van der Waals surface area contributed by atoms with Crippen LogP contribution in [0.1, 0.15) is 134 Å². The fraction of sp³-hybridized carbons (Fsp3) is 0.370. The molecule has 38 nitrogen and oxygen atoms in total.